The third kappa shape index (κ3) is 6.48. The lowest BCUT2D eigenvalue weighted by Gasteiger charge is -2.39. The third-order valence-electron chi connectivity index (χ3n) is 10.4. The van der Waals surface area contributed by atoms with Gasteiger partial charge in [0, 0.05) is 12.5 Å². The molecule has 9 nitrogen and oxygen atoms in total. The Morgan fingerprint density at radius 3 is 2.20 bits per heavy atom. The molecule has 3 aromatic rings. The van der Waals surface area contributed by atoms with Crippen LogP contribution in [0, 0.1) is 18.8 Å². The van der Waals surface area contributed by atoms with Crippen molar-refractivity contribution in [1.29, 1.82) is 0 Å². The summed E-state index contributed by atoms with van der Waals surface area (Å²) >= 11 is 0. The van der Waals surface area contributed by atoms with Crippen molar-refractivity contribution in [2.75, 3.05) is 24.9 Å². The highest BCUT2D eigenvalue weighted by Crippen LogP contribution is 2.47. The molecule has 9 heteroatoms. The summed E-state index contributed by atoms with van der Waals surface area (Å²) in [6.45, 7) is 10.5. The molecule has 6 rings (SSSR count). The number of methoxy groups -OCH3 is 2. The summed E-state index contributed by atoms with van der Waals surface area (Å²) in [5, 5.41) is 6.50. The van der Waals surface area contributed by atoms with Crippen molar-refractivity contribution in [2.45, 2.75) is 116 Å². The van der Waals surface area contributed by atoms with E-state index in [1.165, 1.54) is 76.7 Å². The fourth-order valence-electron chi connectivity index (χ4n) is 8.16. The number of hydrogen-bond acceptors (Lipinski definition) is 8. The number of amides is 1. The molecular weight excluding hydrogens is 580 g/mol. The lowest BCUT2D eigenvalue weighted by molar-refractivity contribution is -0.105. The van der Waals surface area contributed by atoms with Crippen LogP contribution in [0.2, 0.25) is 0 Å². The summed E-state index contributed by atoms with van der Waals surface area (Å²) in [7, 11) is 3.06. The number of aromatic nitrogens is 2. The molecule has 3 heterocycles. The lowest BCUT2D eigenvalue weighted by Crippen LogP contribution is -2.38. The zero-order chi connectivity index (χ0) is 32.6. The topological polar surface area (TPSA) is 108 Å². The van der Waals surface area contributed by atoms with E-state index < -0.39 is 5.91 Å². The first-order chi connectivity index (χ1) is 22.0. The molecule has 0 saturated heterocycles. The van der Waals surface area contributed by atoms with Gasteiger partial charge in [0.2, 0.25) is 17.7 Å². The summed E-state index contributed by atoms with van der Waals surface area (Å²) in [5.74, 6) is 2.75. The number of hydrogen-bond donors (Lipinski definition) is 2. The predicted octanol–water partition coefficient (Wildman–Crippen LogP) is 8.29. The summed E-state index contributed by atoms with van der Waals surface area (Å²) in [6.07, 6.45) is 12.0. The van der Waals surface area contributed by atoms with Crippen LogP contribution in [0.3, 0.4) is 0 Å². The molecule has 0 radical (unpaired) electrons. The Morgan fingerprint density at radius 2 is 1.52 bits per heavy atom. The molecule has 1 amide bonds. The van der Waals surface area contributed by atoms with E-state index in [-0.39, 0.29) is 34.4 Å². The first-order valence-corrected chi connectivity index (χ1v) is 17.0. The average molecular weight is 631 g/mol. The first kappa shape index (κ1) is 32.4. The van der Waals surface area contributed by atoms with E-state index in [1.54, 1.807) is 6.07 Å². The second-order valence-electron chi connectivity index (χ2n) is 14.4. The van der Waals surface area contributed by atoms with Crippen molar-refractivity contribution < 1.29 is 23.4 Å². The third-order valence-corrected chi connectivity index (χ3v) is 10.4. The summed E-state index contributed by atoms with van der Waals surface area (Å²) in [4.78, 5) is 22.7. The zero-order valence-electron chi connectivity index (χ0n) is 28.5. The van der Waals surface area contributed by atoms with Crippen LogP contribution in [0.5, 0.6) is 11.8 Å². The molecule has 2 unspecified atom stereocenters. The Bertz CT molecular complexity index is 1550. The van der Waals surface area contributed by atoms with Crippen molar-refractivity contribution in [3.63, 3.8) is 0 Å². The van der Waals surface area contributed by atoms with Gasteiger partial charge >= 0.3 is 0 Å². The molecule has 2 N–H and O–H groups in total. The van der Waals surface area contributed by atoms with E-state index in [0.717, 1.165) is 23.5 Å². The number of aryl methyl sites for hydroxylation is 1. The van der Waals surface area contributed by atoms with Crippen LogP contribution in [-0.4, -0.2) is 36.1 Å². The van der Waals surface area contributed by atoms with Crippen molar-refractivity contribution in [3.05, 3.63) is 58.0 Å². The molecule has 2 aromatic heterocycles. The highest BCUT2D eigenvalue weighted by atomic mass is 16.5. The molecular formula is C37H50N4O5. The van der Waals surface area contributed by atoms with Gasteiger partial charge in [0.25, 0.3) is 5.91 Å². The van der Waals surface area contributed by atoms with E-state index >= 15 is 0 Å². The molecule has 1 aliphatic heterocycles. The van der Waals surface area contributed by atoms with Crippen LogP contribution in [0.4, 0.5) is 11.6 Å². The number of carbonyl (C=O) groups is 1. The van der Waals surface area contributed by atoms with E-state index in [0.29, 0.717) is 30.1 Å². The highest BCUT2D eigenvalue weighted by molar-refractivity contribution is 6.03. The number of fused-ring (bicyclic) bond motifs is 1. The number of furan rings is 1. The number of carbonyl (C=O) groups excluding carboxylic acids is 1. The molecule has 0 bridgehead atoms. The summed E-state index contributed by atoms with van der Waals surface area (Å²) in [5.41, 5.74) is 4.25. The Labute approximate surface area is 273 Å². The van der Waals surface area contributed by atoms with Gasteiger partial charge in [-0.05, 0) is 93.7 Å². The van der Waals surface area contributed by atoms with Gasteiger partial charge in [0.1, 0.15) is 5.76 Å². The second kappa shape index (κ2) is 12.9. The zero-order valence-corrected chi connectivity index (χ0v) is 28.5. The quantitative estimate of drug-likeness (QED) is 0.243. The number of anilines is 2. The molecule has 46 heavy (non-hydrogen) atoms. The van der Waals surface area contributed by atoms with Gasteiger partial charge < -0.3 is 29.3 Å². The van der Waals surface area contributed by atoms with Crippen molar-refractivity contribution in [3.8, 4) is 11.8 Å². The van der Waals surface area contributed by atoms with Gasteiger partial charge in [-0.1, -0.05) is 57.1 Å². The highest BCUT2D eigenvalue weighted by Gasteiger charge is 2.43. The Morgan fingerprint density at radius 1 is 0.891 bits per heavy atom. The number of nitrogens with one attached hydrogen (secondary N) is 2. The minimum atomic E-state index is -0.432. The molecule has 0 spiro atoms. The average Bonchev–Trinajstić information content (AvgIpc) is 3.57. The maximum atomic E-state index is 13.4. The van der Waals surface area contributed by atoms with Gasteiger partial charge in [0.05, 0.1) is 25.4 Å². The fourth-order valence-corrected chi connectivity index (χ4v) is 8.16. The van der Waals surface area contributed by atoms with Crippen LogP contribution in [-0.2, 0) is 22.4 Å². The maximum Gasteiger partial charge on any atom is 0.291 e. The second-order valence-corrected chi connectivity index (χ2v) is 14.4. The fraction of sp³-hybridized carbons (Fsp3) is 0.595. The van der Waals surface area contributed by atoms with Crippen LogP contribution in [0.15, 0.2) is 28.7 Å². The summed E-state index contributed by atoms with van der Waals surface area (Å²) in [6, 6.07) is 8.28. The monoisotopic (exact) mass is 630 g/mol. The van der Waals surface area contributed by atoms with Crippen molar-refractivity contribution in [2.24, 2.45) is 11.8 Å². The molecule has 2 aliphatic carbocycles. The van der Waals surface area contributed by atoms with Crippen LogP contribution >= 0.6 is 0 Å². The normalized spacial score (nSPS) is 22.2. The molecule has 1 aromatic carbocycles. The van der Waals surface area contributed by atoms with Gasteiger partial charge in [-0.25, -0.2) is 0 Å². The number of nitrogens with zero attached hydrogens (tertiary/aromatic N) is 2. The van der Waals surface area contributed by atoms with E-state index in [9.17, 15) is 4.79 Å². The smallest absolute Gasteiger partial charge is 0.291 e. The summed E-state index contributed by atoms with van der Waals surface area (Å²) < 4.78 is 23.7. The van der Waals surface area contributed by atoms with Gasteiger partial charge in [-0.3, -0.25) is 4.79 Å². The number of benzene rings is 1. The van der Waals surface area contributed by atoms with Crippen LogP contribution in [0.25, 0.3) is 0 Å². The number of rotatable bonds is 9. The molecule has 3 aliphatic rings. The number of ether oxygens (including phenoxy) is 3. The standard InChI is InChI=1S/C37H50N4O5/c1-22-19-27-28(37(4,5)46-36(27,2)3)21-24(22)20-25-17-18-30(45-25)32(42)39-31-33(43-6)40-35(41-34(31)44-7)38-29-16-12-11-15-26(29)23-13-9-8-10-14-23/h17-19,21,23,26,29H,8-16,20H2,1-7H3,(H,39,42)(H,38,40,41). The van der Waals surface area contributed by atoms with Crippen LogP contribution < -0.4 is 20.1 Å². The van der Waals surface area contributed by atoms with Gasteiger partial charge in [-0.15, -0.1) is 0 Å². The van der Waals surface area contributed by atoms with Crippen LogP contribution in [0.1, 0.15) is 124 Å². The van der Waals surface area contributed by atoms with Crippen molar-refractivity contribution in [1.82, 2.24) is 9.97 Å². The minimum Gasteiger partial charge on any atom is -0.479 e. The molecule has 2 saturated carbocycles. The lowest BCUT2D eigenvalue weighted by atomic mass is 9.71. The molecule has 2 fully saturated rings. The maximum absolute atomic E-state index is 13.4. The SMILES string of the molecule is COc1nc(NC2CCCCC2C2CCCCC2)nc(OC)c1NC(=O)c1ccc(Cc2cc3c(cc2C)C(C)(C)OC3(C)C)o1. The van der Waals surface area contributed by atoms with E-state index in [2.05, 4.69) is 67.4 Å². The van der Waals surface area contributed by atoms with Crippen molar-refractivity contribution >= 4 is 17.5 Å². The first-order valence-electron chi connectivity index (χ1n) is 17.0. The Kier molecular flexibility index (Phi) is 9.07. The Hall–Kier alpha value is -3.59. The predicted molar refractivity (Wildman–Crippen MR) is 179 cm³/mol. The van der Waals surface area contributed by atoms with E-state index in [1.807, 2.05) is 6.07 Å². The molecule has 248 valence electrons. The molecule has 2 atom stereocenters. The van der Waals surface area contributed by atoms with E-state index in [4.69, 9.17) is 18.6 Å². The minimum absolute atomic E-state index is 0.183. The Balaban J connectivity index is 1.17. The largest absolute Gasteiger partial charge is 0.479 e. The van der Waals surface area contributed by atoms with Gasteiger partial charge in [0.15, 0.2) is 11.4 Å². The van der Waals surface area contributed by atoms with Gasteiger partial charge in [-0.2, -0.15) is 9.97 Å².